The maximum Gasteiger partial charge on any atom is 0.412 e. The molecule has 3 rings (SSSR count). The molecule has 0 bridgehead atoms. The summed E-state index contributed by atoms with van der Waals surface area (Å²) in [5, 5.41) is 0. The van der Waals surface area contributed by atoms with Crippen LogP contribution in [0.5, 0.6) is 0 Å². The van der Waals surface area contributed by atoms with Gasteiger partial charge >= 0.3 is 6.09 Å². The fourth-order valence-corrected chi connectivity index (χ4v) is 3.80. The molecular formula is C26H35NO5. The normalized spacial score (nSPS) is 20.3. The maximum atomic E-state index is 13.1. The highest BCUT2D eigenvalue weighted by molar-refractivity contribution is 5.70. The van der Waals surface area contributed by atoms with Gasteiger partial charge in [0.05, 0.1) is 32.5 Å². The van der Waals surface area contributed by atoms with E-state index in [0.29, 0.717) is 26.4 Å². The van der Waals surface area contributed by atoms with Gasteiger partial charge < -0.3 is 18.9 Å². The van der Waals surface area contributed by atoms with E-state index in [-0.39, 0.29) is 12.1 Å². The number of amides is 1. The molecule has 0 radical (unpaired) electrons. The molecule has 0 aliphatic carbocycles. The van der Waals surface area contributed by atoms with Gasteiger partial charge in [-0.15, -0.1) is 0 Å². The number of rotatable bonds is 8. The molecule has 174 valence electrons. The maximum absolute atomic E-state index is 13.1. The SMILES string of the molecule is CC(C)(C)OC(=O)N1[C@H](COCc2ccccc2)[C@@H](COCc2ccccc2)OC1(C)C. The molecule has 2 aromatic carbocycles. The van der Waals surface area contributed by atoms with Crippen molar-refractivity contribution in [3.8, 4) is 0 Å². The van der Waals surface area contributed by atoms with Crippen LogP contribution in [0.25, 0.3) is 0 Å². The molecule has 1 amide bonds. The summed E-state index contributed by atoms with van der Waals surface area (Å²) in [5.41, 5.74) is 0.714. The van der Waals surface area contributed by atoms with Crippen molar-refractivity contribution in [3.63, 3.8) is 0 Å². The van der Waals surface area contributed by atoms with Crippen molar-refractivity contribution in [1.29, 1.82) is 0 Å². The summed E-state index contributed by atoms with van der Waals surface area (Å²) in [6.07, 6.45) is -0.752. The van der Waals surface area contributed by atoms with Gasteiger partial charge in [-0.1, -0.05) is 60.7 Å². The Hall–Kier alpha value is -2.41. The highest BCUT2D eigenvalue weighted by Crippen LogP contribution is 2.34. The molecule has 0 saturated carbocycles. The molecular weight excluding hydrogens is 406 g/mol. The number of nitrogens with zero attached hydrogens (tertiary/aromatic N) is 1. The lowest BCUT2D eigenvalue weighted by Gasteiger charge is -2.35. The van der Waals surface area contributed by atoms with Gasteiger partial charge in [0.2, 0.25) is 0 Å². The van der Waals surface area contributed by atoms with Gasteiger partial charge in [0, 0.05) is 0 Å². The standard InChI is InChI=1S/C26H35NO5/c1-25(2,3)32-24(28)27-22(18-29-16-20-12-8-6-9-13-20)23(31-26(27,4)5)19-30-17-21-14-10-7-11-15-21/h6-15,22-23H,16-19H2,1-5H3/t22-,23-/m1/s1. The van der Waals surface area contributed by atoms with Gasteiger partial charge in [0.25, 0.3) is 0 Å². The minimum atomic E-state index is -0.843. The van der Waals surface area contributed by atoms with Crippen molar-refractivity contribution in [2.24, 2.45) is 0 Å². The third-order valence-electron chi connectivity index (χ3n) is 5.16. The topological polar surface area (TPSA) is 57.2 Å². The molecule has 2 aromatic rings. The average molecular weight is 442 g/mol. The van der Waals surface area contributed by atoms with Crippen LogP contribution < -0.4 is 0 Å². The van der Waals surface area contributed by atoms with Crippen molar-refractivity contribution in [2.75, 3.05) is 13.2 Å². The van der Waals surface area contributed by atoms with E-state index in [9.17, 15) is 4.79 Å². The Morgan fingerprint density at radius 3 is 1.91 bits per heavy atom. The molecule has 1 aliphatic rings. The van der Waals surface area contributed by atoms with E-state index in [4.69, 9.17) is 18.9 Å². The zero-order valence-electron chi connectivity index (χ0n) is 19.7. The second-order valence-electron chi connectivity index (χ2n) is 9.52. The first kappa shape index (κ1) is 24.2. The highest BCUT2D eigenvalue weighted by Gasteiger charge is 2.51. The lowest BCUT2D eigenvalue weighted by atomic mass is 10.1. The van der Waals surface area contributed by atoms with E-state index < -0.39 is 17.4 Å². The summed E-state index contributed by atoms with van der Waals surface area (Å²) in [6, 6.07) is 19.6. The van der Waals surface area contributed by atoms with Crippen LogP contribution in [0.2, 0.25) is 0 Å². The third kappa shape index (κ3) is 6.79. The molecule has 1 aliphatic heterocycles. The lowest BCUT2D eigenvalue weighted by Crippen LogP contribution is -2.52. The molecule has 0 unspecified atom stereocenters. The first-order chi connectivity index (χ1) is 15.2. The van der Waals surface area contributed by atoms with Gasteiger partial charge in [-0.25, -0.2) is 4.79 Å². The van der Waals surface area contributed by atoms with E-state index in [1.54, 1.807) is 4.90 Å². The number of carbonyl (C=O) groups is 1. The van der Waals surface area contributed by atoms with Crippen molar-refractivity contribution in [2.45, 2.75) is 71.3 Å². The molecule has 1 heterocycles. The second kappa shape index (κ2) is 10.5. The van der Waals surface area contributed by atoms with Gasteiger partial charge in [0.1, 0.15) is 17.4 Å². The van der Waals surface area contributed by atoms with Crippen LogP contribution in [0.4, 0.5) is 4.79 Å². The number of benzene rings is 2. The fourth-order valence-electron chi connectivity index (χ4n) is 3.80. The summed E-state index contributed by atoms with van der Waals surface area (Å²) >= 11 is 0. The van der Waals surface area contributed by atoms with Gasteiger partial charge in [-0.05, 0) is 45.7 Å². The molecule has 1 saturated heterocycles. The Labute approximate surface area is 191 Å². The first-order valence-corrected chi connectivity index (χ1v) is 11.1. The van der Waals surface area contributed by atoms with E-state index in [1.807, 2.05) is 95.3 Å². The Bertz CT molecular complexity index is 848. The lowest BCUT2D eigenvalue weighted by molar-refractivity contribution is -0.0939. The minimum Gasteiger partial charge on any atom is -0.444 e. The third-order valence-corrected chi connectivity index (χ3v) is 5.16. The molecule has 32 heavy (non-hydrogen) atoms. The summed E-state index contributed by atoms with van der Waals surface area (Å²) < 4.78 is 23.9. The zero-order chi connectivity index (χ0) is 23.2. The molecule has 6 heteroatoms. The minimum absolute atomic E-state index is 0.316. The predicted molar refractivity (Wildman–Crippen MR) is 123 cm³/mol. The van der Waals surface area contributed by atoms with E-state index in [1.165, 1.54) is 0 Å². The first-order valence-electron chi connectivity index (χ1n) is 11.1. The van der Waals surface area contributed by atoms with E-state index >= 15 is 0 Å². The quantitative estimate of drug-likeness (QED) is 0.566. The van der Waals surface area contributed by atoms with Gasteiger partial charge in [0.15, 0.2) is 0 Å². The van der Waals surface area contributed by atoms with Crippen molar-refractivity contribution in [3.05, 3.63) is 71.8 Å². The van der Waals surface area contributed by atoms with Crippen LogP contribution in [0.3, 0.4) is 0 Å². The Kier molecular flexibility index (Phi) is 7.93. The Morgan fingerprint density at radius 1 is 0.906 bits per heavy atom. The zero-order valence-corrected chi connectivity index (χ0v) is 19.7. The fraction of sp³-hybridized carbons (Fsp3) is 0.500. The van der Waals surface area contributed by atoms with Crippen molar-refractivity contribution in [1.82, 2.24) is 4.90 Å². The number of hydrogen-bond acceptors (Lipinski definition) is 5. The van der Waals surface area contributed by atoms with Crippen molar-refractivity contribution >= 4 is 6.09 Å². The van der Waals surface area contributed by atoms with E-state index in [0.717, 1.165) is 11.1 Å². The predicted octanol–water partition coefficient (Wildman–Crippen LogP) is 5.16. The molecule has 0 N–H and O–H groups in total. The molecule has 0 spiro atoms. The van der Waals surface area contributed by atoms with Crippen LogP contribution in [-0.4, -0.2) is 47.7 Å². The number of ether oxygens (including phenoxy) is 4. The van der Waals surface area contributed by atoms with E-state index in [2.05, 4.69) is 0 Å². The Morgan fingerprint density at radius 2 is 1.41 bits per heavy atom. The Balaban J connectivity index is 1.69. The number of carbonyl (C=O) groups excluding carboxylic acids is 1. The van der Waals surface area contributed by atoms with Crippen LogP contribution in [0, 0.1) is 0 Å². The summed E-state index contributed by atoms with van der Waals surface area (Å²) in [7, 11) is 0. The van der Waals surface area contributed by atoms with Gasteiger partial charge in [-0.2, -0.15) is 0 Å². The van der Waals surface area contributed by atoms with Gasteiger partial charge in [-0.3, -0.25) is 4.90 Å². The molecule has 2 atom stereocenters. The molecule has 6 nitrogen and oxygen atoms in total. The van der Waals surface area contributed by atoms with Crippen LogP contribution in [-0.2, 0) is 32.2 Å². The summed E-state index contributed by atoms with van der Waals surface area (Å²) in [5.74, 6) is 0. The monoisotopic (exact) mass is 441 g/mol. The molecule has 0 aromatic heterocycles. The summed E-state index contributed by atoms with van der Waals surface area (Å²) in [4.78, 5) is 14.7. The van der Waals surface area contributed by atoms with Crippen LogP contribution in [0.15, 0.2) is 60.7 Å². The van der Waals surface area contributed by atoms with Crippen LogP contribution >= 0.6 is 0 Å². The van der Waals surface area contributed by atoms with Crippen molar-refractivity contribution < 1.29 is 23.7 Å². The largest absolute Gasteiger partial charge is 0.444 e. The van der Waals surface area contributed by atoms with Crippen LogP contribution in [0.1, 0.15) is 45.7 Å². The molecule has 1 fully saturated rings. The average Bonchev–Trinajstić information content (AvgIpc) is 2.98. The number of hydrogen-bond donors (Lipinski definition) is 0. The summed E-state index contributed by atoms with van der Waals surface area (Å²) in [6.45, 7) is 10.9. The second-order valence-corrected chi connectivity index (χ2v) is 9.52. The highest BCUT2D eigenvalue weighted by atomic mass is 16.6. The smallest absolute Gasteiger partial charge is 0.412 e.